The number of likely N-dealkylation sites (tertiary alicyclic amines) is 1. The summed E-state index contributed by atoms with van der Waals surface area (Å²) in [5, 5.41) is 2.93. The number of amides is 1. The standard InChI is InChI=1S/C15H21BrN2O/c1-12-3-2-9-18(11-12)10-8-15(19)17-14-6-4-13(16)5-7-14/h4-7,12H,2-3,8-11H2,1H3,(H,17,19)/t12-/m0/s1. The molecule has 4 heteroatoms. The first-order valence-electron chi connectivity index (χ1n) is 6.91. The van der Waals surface area contributed by atoms with Crippen molar-refractivity contribution in [3.63, 3.8) is 0 Å². The van der Waals surface area contributed by atoms with E-state index in [2.05, 4.69) is 33.1 Å². The Labute approximate surface area is 123 Å². The fourth-order valence-electron chi connectivity index (χ4n) is 2.51. The number of anilines is 1. The number of nitrogens with one attached hydrogen (secondary N) is 1. The number of rotatable bonds is 4. The molecule has 19 heavy (non-hydrogen) atoms. The van der Waals surface area contributed by atoms with E-state index in [9.17, 15) is 4.79 Å². The number of nitrogens with zero attached hydrogens (tertiary/aromatic N) is 1. The highest BCUT2D eigenvalue weighted by atomic mass is 79.9. The van der Waals surface area contributed by atoms with E-state index in [0.29, 0.717) is 6.42 Å². The second kappa shape index (κ2) is 7.06. The highest BCUT2D eigenvalue weighted by molar-refractivity contribution is 9.10. The van der Waals surface area contributed by atoms with Crippen LogP contribution in [-0.4, -0.2) is 30.4 Å². The summed E-state index contributed by atoms with van der Waals surface area (Å²) in [5.41, 5.74) is 0.861. The average molecular weight is 325 g/mol. The Bertz CT molecular complexity index is 419. The van der Waals surface area contributed by atoms with E-state index in [-0.39, 0.29) is 5.91 Å². The van der Waals surface area contributed by atoms with Gasteiger partial charge in [-0.15, -0.1) is 0 Å². The maximum Gasteiger partial charge on any atom is 0.225 e. The van der Waals surface area contributed by atoms with Crippen LogP contribution in [0.4, 0.5) is 5.69 Å². The molecule has 1 saturated heterocycles. The van der Waals surface area contributed by atoms with Crippen LogP contribution in [0.5, 0.6) is 0 Å². The molecule has 0 saturated carbocycles. The van der Waals surface area contributed by atoms with Crippen molar-refractivity contribution >= 4 is 27.5 Å². The van der Waals surface area contributed by atoms with Crippen LogP contribution in [0.25, 0.3) is 0 Å². The van der Waals surface area contributed by atoms with Gasteiger partial charge in [0, 0.05) is 29.7 Å². The normalized spacial score (nSPS) is 20.2. The van der Waals surface area contributed by atoms with Gasteiger partial charge >= 0.3 is 0 Å². The molecule has 0 spiro atoms. The third kappa shape index (κ3) is 4.96. The number of hydrogen-bond acceptors (Lipinski definition) is 2. The molecule has 104 valence electrons. The fourth-order valence-corrected chi connectivity index (χ4v) is 2.77. The Morgan fingerprint density at radius 1 is 1.42 bits per heavy atom. The quantitative estimate of drug-likeness (QED) is 0.919. The van der Waals surface area contributed by atoms with Gasteiger partial charge < -0.3 is 10.2 Å². The van der Waals surface area contributed by atoms with Crippen LogP contribution in [0.2, 0.25) is 0 Å². The summed E-state index contributed by atoms with van der Waals surface area (Å²) in [7, 11) is 0. The average Bonchev–Trinajstić information content (AvgIpc) is 2.39. The lowest BCUT2D eigenvalue weighted by molar-refractivity contribution is -0.116. The van der Waals surface area contributed by atoms with Gasteiger partial charge in [-0.3, -0.25) is 4.79 Å². The predicted octanol–water partition coefficient (Wildman–Crippen LogP) is 3.51. The largest absolute Gasteiger partial charge is 0.326 e. The summed E-state index contributed by atoms with van der Waals surface area (Å²) in [6.07, 6.45) is 3.15. The van der Waals surface area contributed by atoms with Gasteiger partial charge in [0.25, 0.3) is 0 Å². The first-order chi connectivity index (χ1) is 9.13. The second-order valence-electron chi connectivity index (χ2n) is 5.35. The molecule has 3 nitrogen and oxygen atoms in total. The van der Waals surface area contributed by atoms with Crippen molar-refractivity contribution in [1.82, 2.24) is 4.90 Å². The molecule has 1 aliphatic heterocycles. The summed E-state index contributed by atoms with van der Waals surface area (Å²) in [6, 6.07) is 7.68. The molecule has 0 bridgehead atoms. The Kier molecular flexibility index (Phi) is 5.40. The molecule has 0 aromatic heterocycles. The molecule has 0 radical (unpaired) electrons. The number of hydrogen-bond donors (Lipinski definition) is 1. The van der Waals surface area contributed by atoms with Crippen LogP contribution >= 0.6 is 15.9 Å². The molecule has 1 aliphatic rings. The predicted molar refractivity (Wildman–Crippen MR) is 82.2 cm³/mol. The molecule has 1 atom stereocenters. The first kappa shape index (κ1) is 14.5. The lowest BCUT2D eigenvalue weighted by Gasteiger charge is -2.30. The zero-order valence-electron chi connectivity index (χ0n) is 11.4. The molecule has 2 rings (SSSR count). The molecule has 1 amide bonds. The first-order valence-corrected chi connectivity index (χ1v) is 7.70. The molecule has 1 N–H and O–H groups in total. The monoisotopic (exact) mass is 324 g/mol. The zero-order valence-corrected chi connectivity index (χ0v) is 12.9. The lowest BCUT2D eigenvalue weighted by atomic mass is 10.0. The van der Waals surface area contributed by atoms with Gasteiger partial charge in [-0.05, 0) is 49.6 Å². The van der Waals surface area contributed by atoms with E-state index in [1.54, 1.807) is 0 Å². The Hall–Kier alpha value is -0.870. The number of piperidine rings is 1. The minimum atomic E-state index is 0.0977. The summed E-state index contributed by atoms with van der Waals surface area (Å²) >= 11 is 3.38. The van der Waals surface area contributed by atoms with Crippen molar-refractivity contribution in [3.8, 4) is 0 Å². The van der Waals surface area contributed by atoms with Crippen LogP contribution in [0.1, 0.15) is 26.2 Å². The van der Waals surface area contributed by atoms with Gasteiger partial charge in [-0.2, -0.15) is 0 Å². The Morgan fingerprint density at radius 2 is 2.16 bits per heavy atom. The highest BCUT2D eigenvalue weighted by Crippen LogP contribution is 2.16. The van der Waals surface area contributed by atoms with E-state index < -0.39 is 0 Å². The maximum absolute atomic E-state index is 11.9. The van der Waals surface area contributed by atoms with Crippen molar-refractivity contribution in [2.45, 2.75) is 26.2 Å². The fraction of sp³-hybridized carbons (Fsp3) is 0.533. The van der Waals surface area contributed by atoms with Crippen molar-refractivity contribution in [2.24, 2.45) is 5.92 Å². The van der Waals surface area contributed by atoms with Crippen LogP contribution in [0.15, 0.2) is 28.7 Å². The topological polar surface area (TPSA) is 32.3 Å². The molecule has 1 fully saturated rings. The minimum Gasteiger partial charge on any atom is -0.326 e. The van der Waals surface area contributed by atoms with Crippen molar-refractivity contribution in [2.75, 3.05) is 25.0 Å². The maximum atomic E-state index is 11.9. The van der Waals surface area contributed by atoms with Crippen LogP contribution in [0.3, 0.4) is 0 Å². The molecular weight excluding hydrogens is 304 g/mol. The van der Waals surface area contributed by atoms with Crippen LogP contribution < -0.4 is 5.32 Å². The SMILES string of the molecule is C[C@H]1CCCN(CCC(=O)Nc2ccc(Br)cc2)C1. The van der Waals surface area contributed by atoms with E-state index in [1.807, 2.05) is 24.3 Å². The highest BCUT2D eigenvalue weighted by Gasteiger charge is 2.16. The Morgan fingerprint density at radius 3 is 2.84 bits per heavy atom. The van der Waals surface area contributed by atoms with Gasteiger partial charge in [0.1, 0.15) is 0 Å². The van der Waals surface area contributed by atoms with E-state index in [1.165, 1.54) is 12.8 Å². The summed E-state index contributed by atoms with van der Waals surface area (Å²) in [4.78, 5) is 14.3. The van der Waals surface area contributed by atoms with Crippen LogP contribution in [-0.2, 0) is 4.79 Å². The third-order valence-electron chi connectivity index (χ3n) is 3.52. The van der Waals surface area contributed by atoms with Gasteiger partial charge in [0.05, 0.1) is 0 Å². The minimum absolute atomic E-state index is 0.0977. The summed E-state index contributed by atoms with van der Waals surface area (Å²) < 4.78 is 1.02. The molecular formula is C15H21BrN2O. The van der Waals surface area contributed by atoms with E-state index in [4.69, 9.17) is 0 Å². The number of carbonyl (C=O) groups is 1. The van der Waals surface area contributed by atoms with Crippen molar-refractivity contribution in [1.29, 1.82) is 0 Å². The molecule has 0 aliphatic carbocycles. The van der Waals surface area contributed by atoms with Gasteiger partial charge in [0.2, 0.25) is 5.91 Å². The molecule has 1 heterocycles. The van der Waals surface area contributed by atoms with Crippen molar-refractivity contribution < 1.29 is 4.79 Å². The summed E-state index contributed by atoms with van der Waals surface area (Å²) in [5.74, 6) is 0.865. The van der Waals surface area contributed by atoms with Gasteiger partial charge in [-0.25, -0.2) is 0 Å². The van der Waals surface area contributed by atoms with E-state index >= 15 is 0 Å². The lowest BCUT2D eigenvalue weighted by Crippen LogP contribution is -2.36. The second-order valence-corrected chi connectivity index (χ2v) is 6.27. The van der Waals surface area contributed by atoms with Gasteiger partial charge in [-0.1, -0.05) is 22.9 Å². The zero-order chi connectivity index (χ0) is 13.7. The number of benzene rings is 1. The van der Waals surface area contributed by atoms with E-state index in [0.717, 1.165) is 35.7 Å². The summed E-state index contributed by atoms with van der Waals surface area (Å²) in [6.45, 7) is 5.42. The van der Waals surface area contributed by atoms with Gasteiger partial charge in [0.15, 0.2) is 0 Å². The number of halogens is 1. The third-order valence-corrected chi connectivity index (χ3v) is 4.05. The van der Waals surface area contributed by atoms with Crippen LogP contribution in [0, 0.1) is 5.92 Å². The Balaban J connectivity index is 1.73. The molecule has 1 aromatic rings. The van der Waals surface area contributed by atoms with Crippen molar-refractivity contribution in [3.05, 3.63) is 28.7 Å². The molecule has 1 aromatic carbocycles. The molecule has 0 unspecified atom stereocenters. The smallest absolute Gasteiger partial charge is 0.225 e. The number of carbonyl (C=O) groups excluding carboxylic acids is 1.